The Kier molecular flexibility index (Phi) is 6.22. The summed E-state index contributed by atoms with van der Waals surface area (Å²) in [6.45, 7) is 2.75. The van der Waals surface area contributed by atoms with Crippen LogP contribution >= 0.6 is 11.9 Å². The van der Waals surface area contributed by atoms with Crippen LogP contribution in [0.1, 0.15) is 36.0 Å². The van der Waals surface area contributed by atoms with Crippen molar-refractivity contribution in [1.29, 1.82) is 0 Å². The van der Waals surface area contributed by atoms with Gasteiger partial charge in [0.1, 0.15) is 0 Å². The molecule has 29 heavy (non-hydrogen) atoms. The van der Waals surface area contributed by atoms with Gasteiger partial charge in [-0.25, -0.2) is 0 Å². The van der Waals surface area contributed by atoms with Gasteiger partial charge < -0.3 is 4.57 Å². The number of aromatic nitrogens is 1. The Morgan fingerprint density at radius 3 is 2.62 bits per heavy atom. The zero-order chi connectivity index (χ0) is 20.2. The third kappa shape index (κ3) is 4.19. The highest BCUT2D eigenvalue weighted by atomic mass is 32.2. The Hall–Kier alpha value is -2.30. The second-order valence-electron chi connectivity index (χ2n) is 7.69. The van der Waals surface area contributed by atoms with E-state index in [0.29, 0.717) is 12.6 Å². The van der Waals surface area contributed by atoms with E-state index in [1.165, 1.54) is 22.3 Å². The maximum atomic E-state index is 13.2. The second kappa shape index (κ2) is 9.02. The maximum absolute atomic E-state index is 13.2. The summed E-state index contributed by atoms with van der Waals surface area (Å²) in [4.78, 5) is 13.2. The van der Waals surface area contributed by atoms with E-state index in [-0.39, 0.29) is 11.5 Å². The minimum Gasteiger partial charge on any atom is -0.316 e. The van der Waals surface area contributed by atoms with E-state index in [9.17, 15) is 4.79 Å². The summed E-state index contributed by atoms with van der Waals surface area (Å²) < 4.78 is 5.42. The van der Waals surface area contributed by atoms with Crippen LogP contribution in [0, 0.1) is 0 Å². The molecule has 3 nitrogen and oxygen atoms in total. The molecule has 0 radical (unpaired) electrons. The smallest absolute Gasteiger partial charge is 0.254 e. The van der Waals surface area contributed by atoms with Crippen LogP contribution in [0.4, 0.5) is 0 Å². The van der Waals surface area contributed by atoms with Crippen LogP contribution in [0.25, 0.3) is 11.1 Å². The molecule has 1 aliphatic rings. The van der Waals surface area contributed by atoms with Gasteiger partial charge >= 0.3 is 0 Å². The van der Waals surface area contributed by atoms with E-state index < -0.39 is 0 Å². The van der Waals surface area contributed by atoms with Gasteiger partial charge in [-0.1, -0.05) is 66.5 Å². The summed E-state index contributed by atoms with van der Waals surface area (Å²) in [5.74, 6) is 0.184. The molecule has 2 unspecified atom stereocenters. The number of hydrogen-bond acceptors (Lipinski definition) is 3. The Balaban J connectivity index is 1.72. The summed E-state index contributed by atoms with van der Waals surface area (Å²) >= 11 is 1.65. The molecule has 0 fully saturated rings. The average molecular weight is 405 g/mol. The standard InChI is InChI=1S/C25H28N2OS/c1-3-27-15-14-20-12-13-23(26-29-2)22(24(20)25(27)28)17-18-8-7-11-21(16-18)19-9-5-4-6-10-19/h4-11,14-16,22-23,26H,3,12-13,17H2,1-2H3. The zero-order valence-electron chi connectivity index (χ0n) is 17.1. The van der Waals surface area contributed by atoms with Crippen molar-refractivity contribution in [3.8, 4) is 11.1 Å². The fraction of sp³-hybridized carbons (Fsp3) is 0.320. The lowest BCUT2D eigenvalue weighted by molar-refractivity contribution is 0.437. The van der Waals surface area contributed by atoms with Gasteiger partial charge in [0, 0.05) is 30.3 Å². The minimum atomic E-state index is 0.182. The van der Waals surface area contributed by atoms with E-state index in [0.717, 1.165) is 24.8 Å². The minimum absolute atomic E-state index is 0.182. The average Bonchev–Trinajstić information content (AvgIpc) is 2.76. The molecule has 1 aromatic heterocycles. The second-order valence-corrected chi connectivity index (χ2v) is 8.33. The fourth-order valence-corrected chi connectivity index (χ4v) is 5.09. The number of aryl methyl sites for hydroxylation is 2. The van der Waals surface area contributed by atoms with E-state index in [4.69, 9.17) is 0 Å². The van der Waals surface area contributed by atoms with Crippen LogP contribution in [0.2, 0.25) is 0 Å². The first kappa shape index (κ1) is 20.0. The molecular weight excluding hydrogens is 376 g/mol. The predicted octanol–water partition coefficient (Wildman–Crippen LogP) is 5.04. The fourth-order valence-electron chi connectivity index (χ4n) is 4.51. The van der Waals surface area contributed by atoms with Gasteiger partial charge in [0.15, 0.2) is 0 Å². The highest BCUT2D eigenvalue weighted by Crippen LogP contribution is 2.34. The molecule has 0 amide bonds. The normalized spacial score (nSPS) is 18.4. The van der Waals surface area contributed by atoms with Crippen molar-refractivity contribution in [3.05, 3.63) is 93.9 Å². The Bertz CT molecular complexity index is 1030. The van der Waals surface area contributed by atoms with Gasteiger partial charge in [0.2, 0.25) is 0 Å². The highest BCUT2D eigenvalue weighted by Gasteiger charge is 2.32. The molecule has 2 atom stereocenters. The summed E-state index contributed by atoms with van der Waals surface area (Å²) in [5, 5.41) is 0. The number of nitrogens with zero attached hydrogens (tertiary/aromatic N) is 1. The molecule has 1 heterocycles. The van der Waals surface area contributed by atoms with Gasteiger partial charge in [-0.05, 0) is 60.8 Å². The molecule has 0 aliphatic heterocycles. The topological polar surface area (TPSA) is 34.0 Å². The lowest BCUT2D eigenvalue weighted by Gasteiger charge is -2.33. The molecule has 0 bridgehead atoms. The van der Waals surface area contributed by atoms with Crippen molar-refractivity contribution in [2.75, 3.05) is 6.26 Å². The molecule has 150 valence electrons. The SMILES string of the molecule is CCn1ccc2c(c1=O)C(Cc1cccc(-c3ccccc3)c1)C(NSC)CC2. The van der Waals surface area contributed by atoms with Crippen LogP contribution < -0.4 is 10.3 Å². The van der Waals surface area contributed by atoms with Crippen LogP contribution in [0.5, 0.6) is 0 Å². The molecule has 2 aromatic carbocycles. The van der Waals surface area contributed by atoms with E-state index >= 15 is 0 Å². The number of rotatable bonds is 6. The van der Waals surface area contributed by atoms with Crippen LogP contribution in [-0.2, 0) is 19.4 Å². The number of hydrogen-bond donors (Lipinski definition) is 1. The van der Waals surface area contributed by atoms with E-state index in [1.807, 2.05) is 23.8 Å². The predicted molar refractivity (Wildman–Crippen MR) is 123 cm³/mol. The van der Waals surface area contributed by atoms with Gasteiger partial charge in [-0.15, -0.1) is 0 Å². The molecule has 0 saturated heterocycles. The molecule has 1 N–H and O–H groups in total. The molecule has 4 rings (SSSR count). The lowest BCUT2D eigenvalue weighted by Crippen LogP contribution is -2.40. The van der Waals surface area contributed by atoms with Gasteiger partial charge in [-0.2, -0.15) is 0 Å². The summed E-state index contributed by atoms with van der Waals surface area (Å²) in [5.41, 5.74) is 6.16. The van der Waals surface area contributed by atoms with Crippen molar-refractivity contribution in [3.63, 3.8) is 0 Å². The van der Waals surface area contributed by atoms with Gasteiger partial charge in [0.25, 0.3) is 5.56 Å². The third-order valence-electron chi connectivity index (χ3n) is 5.97. The van der Waals surface area contributed by atoms with E-state index in [2.05, 4.69) is 65.6 Å². The molecular formula is C25H28N2OS. The number of fused-ring (bicyclic) bond motifs is 1. The monoisotopic (exact) mass is 404 g/mol. The molecule has 0 spiro atoms. The molecule has 0 saturated carbocycles. The maximum Gasteiger partial charge on any atom is 0.254 e. The quantitative estimate of drug-likeness (QED) is 0.584. The molecule has 3 aromatic rings. The Labute approximate surface area is 177 Å². The number of benzene rings is 2. The first-order chi connectivity index (χ1) is 14.2. The van der Waals surface area contributed by atoms with Crippen molar-refractivity contribution >= 4 is 11.9 Å². The van der Waals surface area contributed by atoms with Crippen molar-refractivity contribution in [2.45, 2.75) is 44.7 Å². The lowest BCUT2D eigenvalue weighted by atomic mass is 9.77. The highest BCUT2D eigenvalue weighted by molar-refractivity contribution is 7.96. The summed E-state index contributed by atoms with van der Waals surface area (Å²) in [6, 6.07) is 21.7. The molecule has 1 aliphatic carbocycles. The zero-order valence-corrected chi connectivity index (χ0v) is 17.9. The first-order valence-corrected chi connectivity index (χ1v) is 11.6. The van der Waals surface area contributed by atoms with Crippen LogP contribution in [-0.4, -0.2) is 16.9 Å². The van der Waals surface area contributed by atoms with Crippen LogP contribution in [0.3, 0.4) is 0 Å². The van der Waals surface area contributed by atoms with Crippen molar-refractivity contribution in [2.24, 2.45) is 0 Å². The Morgan fingerprint density at radius 2 is 1.86 bits per heavy atom. The summed E-state index contributed by atoms with van der Waals surface area (Å²) in [6.07, 6.45) is 6.92. The summed E-state index contributed by atoms with van der Waals surface area (Å²) in [7, 11) is 0. The van der Waals surface area contributed by atoms with Gasteiger partial charge in [-0.3, -0.25) is 9.52 Å². The van der Waals surface area contributed by atoms with Crippen LogP contribution in [0.15, 0.2) is 71.7 Å². The van der Waals surface area contributed by atoms with Gasteiger partial charge in [0.05, 0.1) is 0 Å². The number of pyridine rings is 1. The first-order valence-electron chi connectivity index (χ1n) is 10.4. The van der Waals surface area contributed by atoms with Crippen molar-refractivity contribution in [1.82, 2.24) is 9.29 Å². The Morgan fingerprint density at radius 1 is 1.07 bits per heavy atom. The van der Waals surface area contributed by atoms with E-state index in [1.54, 1.807) is 11.9 Å². The third-order valence-corrected chi connectivity index (χ3v) is 6.51. The molecule has 4 heteroatoms. The number of nitrogens with one attached hydrogen (secondary N) is 1. The van der Waals surface area contributed by atoms with Crippen molar-refractivity contribution < 1.29 is 0 Å². The largest absolute Gasteiger partial charge is 0.316 e.